The van der Waals surface area contributed by atoms with E-state index in [2.05, 4.69) is 20.3 Å². The highest BCUT2D eigenvalue weighted by molar-refractivity contribution is 6.05. The van der Waals surface area contributed by atoms with Crippen molar-refractivity contribution in [1.29, 1.82) is 0 Å². The van der Waals surface area contributed by atoms with Crippen LogP contribution in [0.1, 0.15) is 21.7 Å². The number of nitrogens with one attached hydrogen (secondary N) is 1. The van der Waals surface area contributed by atoms with Crippen LogP contribution in [-0.2, 0) is 0 Å². The molecule has 1 amide bonds. The Hall–Kier alpha value is -3.74. The minimum absolute atomic E-state index is 0.250. The molecule has 0 aliphatic rings. The molecule has 7 nitrogen and oxygen atoms in total. The molecule has 0 spiro atoms. The normalized spacial score (nSPS) is 10.7. The van der Waals surface area contributed by atoms with Crippen LogP contribution >= 0.6 is 0 Å². The van der Waals surface area contributed by atoms with Crippen LogP contribution in [0.2, 0.25) is 0 Å². The predicted octanol–water partition coefficient (Wildman–Crippen LogP) is 4.28. The molecule has 4 aromatic rings. The van der Waals surface area contributed by atoms with E-state index in [9.17, 15) is 4.79 Å². The lowest BCUT2D eigenvalue weighted by Gasteiger charge is -2.09. The lowest BCUT2D eigenvalue weighted by Crippen LogP contribution is -2.11. The summed E-state index contributed by atoms with van der Waals surface area (Å²) in [6.45, 7) is 3.76. The zero-order chi connectivity index (χ0) is 18.8. The molecule has 0 saturated carbocycles. The number of benzene rings is 2. The van der Waals surface area contributed by atoms with Crippen molar-refractivity contribution in [2.45, 2.75) is 13.8 Å². The molecule has 0 bridgehead atoms. The van der Waals surface area contributed by atoms with E-state index in [4.69, 9.17) is 9.15 Å². The Morgan fingerprint density at radius 3 is 2.67 bits per heavy atom. The topological polar surface area (TPSA) is 90.1 Å². The largest absolute Gasteiger partial charge is 0.443 e. The van der Waals surface area contributed by atoms with Gasteiger partial charge in [0.2, 0.25) is 0 Å². The minimum atomic E-state index is -0.250. The molecule has 1 N–H and O–H groups in total. The van der Waals surface area contributed by atoms with Gasteiger partial charge in [0, 0.05) is 28.7 Å². The Balaban J connectivity index is 1.52. The van der Waals surface area contributed by atoms with Gasteiger partial charge in [-0.25, -0.2) is 15.0 Å². The van der Waals surface area contributed by atoms with Gasteiger partial charge >= 0.3 is 6.01 Å². The highest BCUT2D eigenvalue weighted by Crippen LogP contribution is 2.23. The van der Waals surface area contributed by atoms with Gasteiger partial charge in [0.15, 0.2) is 12.0 Å². The maximum atomic E-state index is 12.5. The quantitative estimate of drug-likeness (QED) is 0.584. The number of hydrogen-bond donors (Lipinski definition) is 1. The Labute approximate surface area is 155 Å². The van der Waals surface area contributed by atoms with Gasteiger partial charge in [0.25, 0.3) is 5.91 Å². The summed E-state index contributed by atoms with van der Waals surface area (Å²) in [6.07, 6.45) is 1.35. The van der Waals surface area contributed by atoms with Crippen molar-refractivity contribution in [2.24, 2.45) is 0 Å². The van der Waals surface area contributed by atoms with Crippen LogP contribution in [0.4, 0.5) is 5.69 Å². The molecular weight excluding hydrogens is 344 g/mol. The third-order valence-corrected chi connectivity index (χ3v) is 3.86. The second-order valence-corrected chi connectivity index (χ2v) is 6.05. The van der Waals surface area contributed by atoms with Crippen molar-refractivity contribution in [3.63, 3.8) is 0 Å². The number of nitrogens with zero attached hydrogens (tertiary/aromatic N) is 3. The molecule has 2 aromatic heterocycles. The van der Waals surface area contributed by atoms with E-state index < -0.39 is 0 Å². The van der Waals surface area contributed by atoms with Crippen molar-refractivity contribution < 1.29 is 13.9 Å². The van der Waals surface area contributed by atoms with Crippen molar-refractivity contribution in [3.8, 4) is 11.8 Å². The maximum absolute atomic E-state index is 12.5. The average Bonchev–Trinajstić information content (AvgIpc) is 3.08. The molecule has 134 valence electrons. The molecule has 0 saturated heterocycles. The Bertz CT molecular complexity index is 1120. The van der Waals surface area contributed by atoms with Crippen LogP contribution < -0.4 is 10.1 Å². The van der Waals surface area contributed by atoms with Crippen molar-refractivity contribution >= 4 is 22.7 Å². The van der Waals surface area contributed by atoms with Gasteiger partial charge in [-0.2, -0.15) is 0 Å². The van der Waals surface area contributed by atoms with E-state index in [-0.39, 0.29) is 11.9 Å². The molecule has 0 atom stereocenters. The maximum Gasteiger partial charge on any atom is 0.322 e. The van der Waals surface area contributed by atoms with Crippen LogP contribution in [0, 0.1) is 13.8 Å². The zero-order valence-corrected chi connectivity index (χ0v) is 14.8. The SMILES string of the molecule is Cc1cc(C)nc(Oc2cccc(NC(=O)c3ccc4ocnc4c3)c2)n1. The van der Waals surface area contributed by atoms with Gasteiger partial charge in [-0.05, 0) is 50.2 Å². The Kier molecular flexibility index (Phi) is 4.25. The van der Waals surface area contributed by atoms with E-state index in [1.165, 1.54) is 6.39 Å². The summed E-state index contributed by atoms with van der Waals surface area (Å²) < 4.78 is 10.9. The third-order valence-electron chi connectivity index (χ3n) is 3.86. The molecule has 27 heavy (non-hydrogen) atoms. The Morgan fingerprint density at radius 1 is 1.04 bits per heavy atom. The number of aryl methyl sites for hydroxylation is 2. The van der Waals surface area contributed by atoms with Crippen LogP contribution in [0.3, 0.4) is 0 Å². The second-order valence-electron chi connectivity index (χ2n) is 6.05. The number of oxazole rings is 1. The first-order valence-electron chi connectivity index (χ1n) is 8.32. The summed E-state index contributed by atoms with van der Waals surface area (Å²) >= 11 is 0. The number of hydrogen-bond acceptors (Lipinski definition) is 6. The van der Waals surface area contributed by atoms with Gasteiger partial charge in [-0.15, -0.1) is 0 Å². The van der Waals surface area contributed by atoms with Crippen LogP contribution in [-0.4, -0.2) is 20.9 Å². The van der Waals surface area contributed by atoms with Gasteiger partial charge in [-0.3, -0.25) is 4.79 Å². The number of anilines is 1. The molecule has 4 rings (SSSR count). The Morgan fingerprint density at radius 2 is 1.85 bits per heavy atom. The van der Waals surface area contributed by atoms with Gasteiger partial charge in [-0.1, -0.05) is 6.07 Å². The fraction of sp³-hybridized carbons (Fsp3) is 0.100. The standard InChI is InChI=1S/C20H16N4O3/c1-12-8-13(2)23-20(22-12)27-16-5-3-4-15(10-16)24-19(25)14-6-7-18-17(9-14)21-11-26-18/h3-11H,1-2H3,(H,24,25). The van der Waals surface area contributed by atoms with Crippen LogP contribution in [0.5, 0.6) is 11.8 Å². The first-order chi connectivity index (χ1) is 13.1. The highest BCUT2D eigenvalue weighted by atomic mass is 16.5. The van der Waals surface area contributed by atoms with E-state index in [1.54, 1.807) is 42.5 Å². The summed E-state index contributed by atoms with van der Waals surface area (Å²) in [5, 5.41) is 2.85. The zero-order valence-electron chi connectivity index (χ0n) is 14.8. The van der Waals surface area contributed by atoms with Gasteiger partial charge in [0.1, 0.15) is 11.3 Å². The van der Waals surface area contributed by atoms with Gasteiger partial charge in [0.05, 0.1) is 0 Å². The third kappa shape index (κ3) is 3.77. The van der Waals surface area contributed by atoms with Gasteiger partial charge < -0.3 is 14.5 Å². The number of ether oxygens (including phenoxy) is 1. The van der Waals surface area contributed by atoms with E-state index in [0.29, 0.717) is 28.1 Å². The summed E-state index contributed by atoms with van der Waals surface area (Å²) in [5.74, 6) is 0.282. The number of carbonyl (C=O) groups is 1. The summed E-state index contributed by atoms with van der Waals surface area (Å²) in [4.78, 5) is 25.1. The lowest BCUT2D eigenvalue weighted by atomic mass is 10.2. The van der Waals surface area contributed by atoms with Crippen LogP contribution in [0.15, 0.2) is 59.3 Å². The molecule has 0 aliphatic carbocycles. The highest BCUT2D eigenvalue weighted by Gasteiger charge is 2.10. The fourth-order valence-electron chi connectivity index (χ4n) is 2.68. The summed E-state index contributed by atoms with van der Waals surface area (Å²) in [6, 6.07) is 14.3. The first kappa shape index (κ1) is 16.7. The average molecular weight is 360 g/mol. The van der Waals surface area contributed by atoms with E-state index in [1.807, 2.05) is 19.9 Å². The van der Waals surface area contributed by atoms with E-state index >= 15 is 0 Å². The number of carbonyl (C=O) groups excluding carboxylic acids is 1. The van der Waals surface area contributed by atoms with Crippen molar-refractivity contribution in [3.05, 3.63) is 71.9 Å². The van der Waals surface area contributed by atoms with E-state index in [0.717, 1.165) is 11.4 Å². The smallest absolute Gasteiger partial charge is 0.322 e. The summed E-state index contributed by atoms with van der Waals surface area (Å²) in [5.41, 5.74) is 4.00. The molecule has 7 heteroatoms. The molecule has 0 radical (unpaired) electrons. The number of fused-ring (bicyclic) bond motifs is 1. The molecular formula is C20H16N4O3. The monoisotopic (exact) mass is 360 g/mol. The predicted molar refractivity (Wildman–Crippen MR) is 100.0 cm³/mol. The molecule has 0 fully saturated rings. The summed E-state index contributed by atoms with van der Waals surface area (Å²) in [7, 11) is 0. The van der Waals surface area contributed by atoms with Crippen molar-refractivity contribution in [2.75, 3.05) is 5.32 Å². The number of amides is 1. The molecule has 0 unspecified atom stereocenters. The molecule has 2 heterocycles. The lowest BCUT2D eigenvalue weighted by molar-refractivity contribution is 0.102. The number of rotatable bonds is 4. The fourth-order valence-corrected chi connectivity index (χ4v) is 2.68. The minimum Gasteiger partial charge on any atom is -0.443 e. The first-order valence-corrected chi connectivity index (χ1v) is 8.32. The second kappa shape index (κ2) is 6.87. The van der Waals surface area contributed by atoms with Crippen molar-refractivity contribution in [1.82, 2.24) is 15.0 Å². The molecule has 2 aromatic carbocycles. The molecule has 0 aliphatic heterocycles. The number of aromatic nitrogens is 3. The van der Waals surface area contributed by atoms with Crippen LogP contribution in [0.25, 0.3) is 11.1 Å².